The fraction of sp³-hybridized carbons (Fsp3) is 0.208. The van der Waals surface area contributed by atoms with Gasteiger partial charge in [0, 0.05) is 30.2 Å². The van der Waals surface area contributed by atoms with Crippen LogP contribution in [0.2, 0.25) is 0 Å². The largest absolute Gasteiger partial charge is 0.476 e. The third-order valence-corrected chi connectivity index (χ3v) is 5.28. The van der Waals surface area contributed by atoms with E-state index in [9.17, 15) is 8.78 Å². The van der Waals surface area contributed by atoms with Gasteiger partial charge in [-0.2, -0.15) is 0 Å². The molecule has 2 heterocycles. The van der Waals surface area contributed by atoms with Crippen molar-refractivity contribution in [3.63, 3.8) is 0 Å². The molecule has 0 bridgehead atoms. The lowest BCUT2D eigenvalue weighted by atomic mass is 10.1. The molecule has 0 aliphatic carbocycles. The van der Waals surface area contributed by atoms with E-state index >= 15 is 0 Å². The Morgan fingerprint density at radius 3 is 2.43 bits per heavy atom. The summed E-state index contributed by atoms with van der Waals surface area (Å²) < 4.78 is 34.9. The van der Waals surface area contributed by atoms with Gasteiger partial charge in [0.15, 0.2) is 0 Å². The van der Waals surface area contributed by atoms with E-state index < -0.39 is 0 Å². The van der Waals surface area contributed by atoms with E-state index in [1.54, 1.807) is 30.5 Å². The number of pyridine rings is 1. The van der Waals surface area contributed by atoms with Crippen LogP contribution in [0.1, 0.15) is 22.4 Å². The van der Waals surface area contributed by atoms with Gasteiger partial charge in [-0.05, 0) is 60.9 Å². The highest BCUT2D eigenvalue weighted by atomic mass is 35.5. The third kappa shape index (κ3) is 4.46. The van der Waals surface area contributed by atoms with Crippen LogP contribution in [-0.2, 0) is 13.0 Å². The van der Waals surface area contributed by atoms with Gasteiger partial charge in [0.2, 0.25) is 5.88 Å². The summed E-state index contributed by atoms with van der Waals surface area (Å²) in [5, 5.41) is 1.07. The van der Waals surface area contributed by atoms with Crippen molar-refractivity contribution in [2.24, 2.45) is 0 Å². The number of aromatic nitrogens is 2. The first-order valence-corrected chi connectivity index (χ1v) is 9.59. The number of rotatable bonds is 6. The van der Waals surface area contributed by atoms with Crippen LogP contribution in [0, 0.1) is 25.5 Å². The molecule has 0 N–H and O–H groups in total. The average Bonchev–Trinajstić information content (AvgIpc) is 2.95. The van der Waals surface area contributed by atoms with Crippen LogP contribution in [0.15, 0.2) is 60.8 Å². The minimum absolute atomic E-state index is 0. The predicted octanol–water partition coefficient (Wildman–Crippen LogP) is 6.02. The fourth-order valence-electron chi connectivity index (χ4n) is 3.60. The monoisotopic (exact) mass is 428 g/mol. The van der Waals surface area contributed by atoms with Crippen LogP contribution < -0.4 is 4.74 Å². The average molecular weight is 429 g/mol. The van der Waals surface area contributed by atoms with E-state index in [4.69, 9.17) is 4.74 Å². The second-order valence-electron chi connectivity index (χ2n) is 7.16. The maximum Gasteiger partial charge on any atom is 0.238 e. The van der Waals surface area contributed by atoms with Crippen LogP contribution in [0.25, 0.3) is 10.9 Å². The minimum Gasteiger partial charge on any atom is -0.476 e. The molecule has 2 aromatic carbocycles. The van der Waals surface area contributed by atoms with Crippen molar-refractivity contribution >= 4 is 23.3 Å². The molecule has 4 aromatic rings. The lowest BCUT2D eigenvalue weighted by Crippen LogP contribution is -2.07. The summed E-state index contributed by atoms with van der Waals surface area (Å²) in [5.41, 5.74) is 5.04. The first-order chi connectivity index (χ1) is 14.0. The van der Waals surface area contributed by atoms with Crippen molar-refractivity contribution in [3.8, 4) is 5.88 Å². The van der Waals surface area contributed by atoms with Gasteiger partial charge >= 0.3 is 0 Å². The molecule has 0 radical (unpaired) electrons. The van der Waals surface area contributed by atoms with Gasteiger partial charge in [-0.1, -0.05) is 24.3 Å². The third-order valence-electron chi connectivity index (χ3n) is 5.28. The Hall–Kier alpha value is -2.92. The summed E-state index contributed by atoms with van der Waals surface area (Å²) in [6.07, 6.45) is 2.40. The highest BCUT2D eigenvalue weighted by molar-refractivity contribution is 5.89. The summed E-state index contributed by atoms with van der Waals surface area (Å²) in [5.74, 6) is 0.0571. The highest BCUT2D eigenvalue weighted by Crippen LogP contribution is 2.31. The second kappa shape index (κ2) is 9.26. The molecule has 3 nitrogen and oxygen atoms in total. The summed E-state index contributed by atoms with van der Waals surface area (Å²) in [6.45, 7) is 5.09. The second-order valence-corrected chi connectivity index (χ2v) is 7.16. The van der Waals surface area contributed by atoms with Gasteiger partial charge in [0.1, 0.15) is 17.2 Å². The molecule has 0 atom stereocenters. The van der Waals surface area contributed by atoms with E-state index in [0.717, 1.165) is 33.3 Å². The van der Waals surface area contributed by atoms with Crippen LogP contribution in [0.5, 0.6) is 5.88 Å². The normalized spacial score (nSPS) is 10.8. The number of hydrogen-bond donors (Lipinski definition) is 0. The molecule has 0 saturated carbocycles. The van der Waals surface area contributed by atoms with Crippen LogP contribution in [-0.4, -0.2) is 16.2 Å². The quantitative estimate of drug-likeness (QED) is 0.375. The van der Waals surface area contributed by atoms with Gasteiger partial charge < -0.3 is 9.30 Å². The number of ether oxygens (including phenoxy) is 1. The van der Waals surface area contributed by atoms with Crippen molar-refractivity contribution in [2.45, 2.75) is 26.8 Å². The van der Waals surface area contributed by atoms with Crippen molar-refractivity contribution in [1.82, 2.24) is 9.55 Å². The Morgan fingerprint density at radius 1 is 0.933 bits per heavy atom. The first-order valence-electron chi connectivity index (χ1n) is 9.59. The molecule has 0 amide bonds. The van der Waals surface area contributed by atoms with Crippen molar-refractivity contribution in [1.29, 1.82) is 0 Å². The molecule has 2 aromatic heterocycles. The Kier molecular flexibility index (Phi) is 6.73. The summed E-state index contributed by atoms with van der Waals surface area (Å²) in [7, 11) is 0. The molecular formula is C24H23ClF2N2O. The molecule has 0 unspecified atom stereocenters. The zero-order valence-electron chi connectivity index (χ0n) is 16.9. The molecule has 4 rings (SSSR count). The Bertz CT molecular complexity index is 1160. The zero-order chi connectivity index (χ0) is 20.4. The van der Waals surface area contributed by atoms with Crippen LogP contribution in [0.4, 0.5) is 8.78 Å². The van der Waals surface area contributed by atoms with Gasteiger partial charge in [0.05, 0.1) is 6.61 Å². The van der Waals surface area contributed by atoms with E-state index in [1.807, 2.05) is 12.1 Å². The van der Waals surface area contributed by atoms with Gasteiger partial charge in [-0.15, -0.1) is 12.4 Å². The number of hydrogen-bond acceptors (Lipinski definition) is 2. The molecule has 0 spiro atoms. The van der Waals surface area contributed by atoms with E-state index in [0.29, 0.717) is 25.5 Å². The zero-order valence-corrected chi connectivity index (χ0v) is 17.7. The van der Waals surface area contributed by atoms with Crippen LogP contribution >= 0.6 is 12.4 Å². The van der Waals surface area contributed by atoms with Crippen molar-refractivity contribution in [2.75, 3.05) is 6.61 Å². The molecular weight excluding hydrogens is 406 g/mol. The molecule has 6 heteroatoms. The topological polar surface area (TPSA) is 27.1 Å². The summed E-state index contributed by atoms with van der Waals surface area (Å²) in [4.78, 5) is 4.45. The standard InChI is InChI=1S/C24H22F2N2O.ClH/c1-16-17(2)28(15-19-4-3-5-21(26)14-19)23-22(16)10-12-27-24(23)29-13-11-18-6-8-20(25)9-7-18;/h3-10,12,14H,11,13,15H2,1-2H3;1H. The van der Waals surface area contributed by atoms with Crippen molar-refractivity contribution < 1.29 is 13.5 Å². The smallest absolute Gasteiger partial charge is 0.238 e. The fourth-order valence-corrected chi connectivity index (χ4v) is 3.60. The maximum atomic E-state index is 13.7. The van der Waals surface area contributed by atoms with Crippen molar-refractivity contribution in [3.05, 3.63) is 94.8 Å². The number of nitrogens with zero attached hydrogens (tertiary/aromatic N) is 2. The molecule has 30 heavy (non-hydrogen) atoms. The lowest BCUT2D eigenvalue weighted by molar-refractivity contribution is 0.312. The maximum absolute atomic E-state index is 13.7. The van der Waals surface area contributed by atoms with Gasteiger partial charge in [-0.3, -0.25) is 0 Å². The van der Waals surface area contributed by atoms with E-state index in [1.165, 1.54) is 18.2 Å². The summed E-state index contributed by atoms with van der Waals surface area (Å²) >= 11 is 0. The van der Waals surface area contributed by atoms with Gasteiger partial charge in [-0.25, -0.2) is 13.8 Å². The number of benzene rings is 2. The number of aryl methyl sites for hydroxylation is 1. The Balaban J connectivity index is 0.00000256. The molecule has 0 aliphatic heterocycles. The minimum atomic E-state index is -0.248. The number of fused-ring (bicyclic) bond motifs is 1. The lowest BCUT2D eigenvalue weighted by Gasteiger charge is -2.12. The Morgan fingerprint density at radius 2 is 1.70 bits per heavy atom. The van der Waals surface area contributed by atoms with E-state index in [-0.39, 0.29) is 24.0 Å². The highest BCUT2D eigenvalue weighted by Gasteiger charge is 2.16. The molecule has 0 aliphatic rings. The summed E-state index contributed by atoms with van der Waals surface area (Å²) in [6, 6.07) is 15.0. The first kappa shape index (κ1) is 21.8. The Labute approximate surface area is 180 Å². The molecule has 0 fully saturated rings. The van der Waals surface area contributed by atoms with E-state index in [2.05, 4.69) is 23.4 Å². The predicted molar refractivity (Wildman–Crippen MR) is 118 cm³/mol. The van der Waals surface area contributed by atoms with Gasteiger partial charge in [0.25, 0.3) is 0 Å². The van der Waals surface area contributed by atoms with Crippen LogP contribution in [0.3, 0.4) is 0 Å². The number of halogens is 3. The molecule has 0 saturated heterocycles. The molecule has 156 valence electrons. The SMILES string of the molecule is Cc1c(C)n(Cc2cccc(F)c2)c2c(OCCc3ccc(F)cc3)nccc12.Cl.